The zero-order chi connectivity index (χ0) is 24.7. The van der Waals surface area contributed by atoms with E-state index in [9.17, 15) is 9.59 Å². The Morgan fingerprint density at radius 1 is 1.20 bits per heavy atom. The second kappa shape index (κ2) is 9.47. The third kappa shape index (κ3) is 4.46. The summed E-state index contributed by atoms with van der Waals surface area (Å²) in [6.07, 6.45) is 5.03. The Morgan fingerprint density at radius 2 is 1.94 bits per heavy atom. The lowest BCUT2D eigenvalue weighted by atomic mass is 10.1. The number of fused-ring (bicyclic) bond motifs is 1. The molecule has 3 aliphatic rings. The Kier molecular flexibility index (Phi) is 6.37. The van der Waals surface area contributed by atoms with Crippen LogP contribution in [0.2, 0.25) is 5.02 Å². The summed E-state index contributed by atoms with van der Waals surface area (Å²) in [5.74, 6) is -0.511. The average Bonchev–Trinajstić information content (AvgIpc) is 3.37. The molecule has 1 aromatic carbocycles. The molecule has 0 unspecified atom stereocenters. The van der Waals surface area contributed by atoms with E-state index in [1.54, 1.807) is 6.08 Å². The second-order valence-electron chi connectivity index (χ2n) is 8.75. The van der Waals surface area contributed by atoms with Gasteiger partial charge in [0.2, 0.25) is 11.1 Å². The molecule has 1 N–H and O–H groups in total. The van der Waals surface area contributed by atoms with Gasteiger partial charge in [0.05, 0.1) is 22.7 Å². The van der Waals surface area contributed by atoms with Gasteiger partial charge in [0.15, 0.2) is 5.84 Å². The van der Waals surface area contributed by atoms with E-state index in [1.807, 2.05) is 53.6 Å². The lowest BCUT2D eigenvalue weighted by Crippen LogP contribution is -2.36. The number of benzene rings is 1. The molecule has 0 bridgehead atoms. The van der Waals surface area contributed by atoms with Crippen molar-refractivity contribution in [1.29, 1.82) is 5.41 Å². The van der Waals surface area contributed by atoms with Gasteiger partial charge in [-0.15, -0.1) is 0 Å². The molecule has 0 radical (unpaired) electrons. The van der Waals surface area contributed by atoms with E-state index >= 15 is 0 Å². The molecule has 4 heterocycles. The van der Waals surface area contributed by atoms with Gasteiger partial charge in [-0.1, -0.05) is 23.7 Å². The van der Waals surface area contributed by atoms with Gasteiger partial charge in [-0.25, -0.2) is 0 Å². The predicted molar refractivity (Wildman–Crippen MR) is 140 cm³/mol. The largest absolute Gasteiger partial charge is 0.342 e. The molecular formula is C25H25ClN6O2S. The maximum absolute atomic E-state index is 12.9. The number of nitrogens with one attached hydrogen (secondary N) is 1. The molecule has 2 aromatic rings. The molecule has 0 aliphatic carbocycles. The van der Waals surface area contributed by atoms with Crippen molar-refractivity contribution in [1.82, 2.24) is 14.5 Å². The van der Waals surface area contributed by atoms with Crippen molar-refractivity contribution in [2.45, 2.75) is 39.5 Å². The van der Waals surface area contributed by atoms with Gasteiger partial charge in [0.1, 0.15) is 5.04 Å². The first-order valence-electron chi connectivity index (χ1n) is 11.5. The van der Waals surface area contributed by atoms with E-state index in [0.717, 1.165) is 55.0 Å². The highest BCUT2D eigenvalue weighted by atomic mass is 35.5. The van der Waals surface area contributed by atoms with Gasteiger partial charge in [-0.2, -0.15) is 15.1 Å². The molecule has 0 atom stereocenters. The minimum atomic E-state index is -0.491. The van der Waals surface area contributed by atoms with E-state index in [4.69, 9.17) is 17.0 Å². The number of nitrogens with zero attached hydrogens (tertiary/aromatic N) is 5. The van der Waals surface area contributed by atoms with E-state index in [0.29, 0.717) is 15.2 Å². The summed E-state index contributed by atoms with van der Waals surface area (Å²) in [6, 6.07) is 9.53. The number of likely N-dealkylation sites (tertiary alicyclic amines) is 1. The molecule has 2 amide bonds. The summed E-state index contributed by atoms with van der Waals surface area (Å²) in [6.45, 7) is 5.46. The number of hydrogen-bond donors (Lipinski definition) is 1. The van der Waals surface area contributed by atoms with Gasteiger partial charge in [0.25, 0.3) is 5.91 Å². The maximum Gasteiger partial charge on any atom is 0.283 e. The minimum absolute atomic E-state index is 0.0250. The molecule has 0 spiro atoms. The molecule has 1 saturated heterocycles. The molecule has 10 heteroatoms. The van der Waals surface area contributed by atoms with Crippen molar-refractivity contribution in [3.63, 3.8) is 0 Å². The molecule has 35 heavy (non-hydrogen) atoms. The quantitative estimate of drug-likeness (QED) is 0.602. The van der Waals surface area contributed by atoms with Crippen LogP contribution < -0.4 is 0 Å². The van der Waals surface area contributed by atoms with Crippen molar-refractivity contribution in [3.05, 3.63) is 57.9 Å². The Morgan fingerprint density at radius 3 is 2.69 bits per heavy atom. The Labute approximate surface area is 212 Å². The van der Waals surface area contributed by atoms with Crippen LogP contribution in [0.4, 0.5) is 0 Å². The fourth-order valence-corrected chi connectivity index (χ4v) is 5.68. The first kappa shape index (κ1) is 23.6. The van der Waals surface area contributed by atoms with Crippen LogP contribution in [0.1, 0.15) is 42.6 Å². The number of para-hydroxylation sites is 1. The normalized spacial score (nSPS) is 19.2. The van der Waals surface area contributed by atoms with Crippen LogP contribution in [-0.4, -0.2) is 55.4 Å². The van der Waals surface area contributed by atoms with Gasteiger partial charge in [0, 0.05) is 24.5 Å². The zero-order valence-corrected chi connectivity index (χ0v) is 21.1. The number of amides is 2. The van der Waals surface area contributed by atoms with Crippen LogP contribution in [0.15, 0.2) is 46.0 Å². The molecule has 3 aliphatic heterocycles. The maximum atomic E-state index is 12.9. The monoisotopic (exact) mass is 508 g/mol. The number of amidine groups is 2. The topological polar surface area (TPSA) is 94.1 Å². The third-order valence-corrected chi connectivity index (χ3v) is 7.60. The van der Waals surface area contributed by atoms with Crippen LogP contribution in [0.5, 0.6) is 0 Å². The highest BCUT2D eigenvalue weighted by Gasteiger charge is 2.36. The molecule has 5 rings (SSSR count). The van der Waals surface area contributed by atoms with E-state index in [2.05, 4.69) is 10.1 Å². The van der Waals surface area contributed by atoms with Gasteiger partial charge >= 0.3 is 0 Å². The van der Waals surface area contributed by atoms with E-state index in [1.165, 1.54) is 16.8 Å². The number of piperidine rings is 1. The highest BCUT2D eigenvalue weighted by Crippen LogP contribution is 2.32. The fraction of sp³-hybridized carbons (Fsp3) is 0.320. The van der Waals surface area contributed by atoms with Crippen LogP contribution in [-0.2, 0) is 9.59 Å². The second-order valence-corrected chi connectivity index (χ2v) is 10.2. The number of aliphatic imine (C=N–C) groups is 1. The van der Waals surface area contributed by atoms with E-state index < -0.39 is 5.91 Å². The Bertz CT molecular complexity index is 1340. The first-order valence-corrected chi connectivity index (χ1v) is 12.7. The summed E-state index contributed by atoms with van der Waals surface area (Å²) in [5, 5.41) is 16.0. The smallest absolute Gasteiger partial charge is 0.283 e. The van der Waals surface area contributed by atoms with Crippen LogP contribution in [0.25, 0.3) is 11.8 Å². The Balaban J connectivity index is 1.40. The number of thioether (sulfide) groups is 1. The molecule has 8 nitrogen and oxygen atoms in total. The van der Waals surface area contributed by atoms with Gasteiger partial charge in [-0.3, -0.25) is 15.0 Å². The van der Waals surface area contributed by atoms with Crippen molar-refractivity contribution < 1.29 is 9.59 Å². The number of rotatable bonds is 4. The number of hydrogen-bond acceptors (Lipinski definition) is 5. The van der Waals surface area contributed by atoms with Gasteiger partial charge in [-0.05, 0) is 74.7 Å². The molecule has 180 valence electrons. The predicted octanol–water partition coefficient (Wildman–Crippen LogP) is 4.77. The van der Waals surface area contributed by atoms with Crippen molar-refractivity contribution in [2.24, 2.45) is 10.1 Å². The molecule has 1 aromatic heterocycles. The molecular weight excluding hydrogens is 484 g/mol. The summed E-state index contributed by atoms with van der Waals surface area (Å²) in [4.78, 5) is 31.5. The third-order valence-electron chi connectivity index (χ3n) is 6.37. The number of hydrazone groups is 1. The Hall–Kier alpha value is -3.17. The van der Waals surface area contributed by atoms with Gasteiger partial charge < -0.3 is 9.47 Å². The number of aryl methyl sites for hydroxylation is 1. The summed E-state index contributed by atoms with van der Waals surface area (Å²) in [7, 11) is 0. The van der Waals surface area contributed by atoms with Crippen molar-refractivity contribution in [3.8, 4) is 5.69 Å². The molecule has 1 fully saturated rings. The number of halogens is 1. The summed E-state index contributed by atoms with van der Waals surface area (Å²) in [5.41, 5.74) is 3.65. The van der Waals surface area contributed by atoms with Crippen LogP contribution in [0, 0.1) is 19.3 Å². The number of carbonyl (C=O) groups is 2. The molecule has 0 saturated carbocycles. The lowest BCUT2D eigenvalue weighted by molar-refractivity contribution is -0.130. The standard InChI is InChI=1S/C25H25ClN6O2S/c1-15-12-17(16(2)31(15)20-9-5-4-8-19(20)26)13-18-23(27)32-25(28-24(18)34)35-21(29-32)14-22(33)30-10-6-3-7-11-30/h4-5,8-9,12-13,27H,3,6-7,10-11,14H2,1-2H3. The van der Waals surface area contributed by atoms with Crippen LogP contribution >= 0.6 is 23.4 Å². The SMILES string of the molecule is Cc1cc(C=C2C(=N)N3N=C(CC(=O)N4CCCCC4)SC3=NC2=O)c(C)n1-c1ccccc1Cl. The first-order chi connectivity index (χ1) is 16.8. The van der Waals surface area contributed by atoms with Crippen molar-refractivity contribution >= 4 is 57.3 Å². The summed E-state index contributed by atoms with van der Waals surface area (Å²) >= 11 is 7.60. The number of carbonyl (C=O) groups excluding carboxylic acids is 2. The summed E-state index contributed by atoms with van der Waals surface area (Å²) < 4.78 is 2.02. The minimum Gasteiger partial charge on any atom is -0.342 e. The van der Waals surface area contributed by atoms with Crippen molar-refractivity contribution in [2.75, 3.05) is 13.1 Å². The average molecular weight is 509 g/mol. The van der Waals surface area contributed by atoms with Crippen LogP contribution in [0.3, 0.4) is 0 Å². The fourth-order valence-electron chi connectivity index (χ4n) is 4.58. The number of aromatic nitrogens is 1. The highest BCUT2D eigenvalue weighted by molar-refractivity contribution is 8.27. The lowest BCUT2D eigenvalue weighted by Gasteiger charge is -2.26. The zero-order valence-electron chi connectivity index (χ0n) is 19.5. The van der Waals surface area contributed by atoms with E-state index in [-0.39, 0.29) is 23.7 Å².